The van der Waals surface area contributed by atoms with E-state index in [1.54, 1.807) is 12.1 Å². The van der Waals surface area contributed by atoms with Crippen LogP contribution in [0.25, 0.3) is 0 Å². The van der Waals surface area contributed by atoms with Gasteiger partial charge in [0.2, 0.25) is 0 Å². The molecule has 0 aliphatic carbocycles. The number of nitro benzene ring substituents is 1. The molecule has 0 atom stereocenters. The Bertz CT molecular complexity index is 915. The van der Waals surface area contributed by atoms with Crippen molar-refractivity contribution >= 4 is 34.9 Å². The molecule has 3 rings (SSSR count). The molecular weight excluding hydrogens is 392 g/mol. The number of amides is 1. The number of rotatable bonds is 6. The highest BCUT2D eigenvalue weighted by molar-refractivity contribution is 6.32. The number of carbonyl (C=O) groups excluding carboxylic acids is 2. The SMILES string of the molecule is O=C(COC(=O)Cc1cc(Cl)c2c(c1)OCCO2)Nc1ccc([N+](=O)[O-])cc1. The fraction of sp³-hybridized carbons (Fsp3) is 0.222. The molecule has 1 amide bonds. The lowest BCUT2D eigenvalue weighted by molar-refractivity contribution is -0.384. The Kier molecular flexibility index (Phi) is 5.95. The van der Waals surface area contributed by atoms with E-state index in [1.165, 1.54) is 24.3 Å². The number of fused-ring (bicyclic) bond motifs is 1. The Morgan fingerprint density at radius 2 is 1.89 bits per heavy atom. The number of hydrogen-bond donors (Lipinski definition) is 1. The van der Waals surface area contributed by atoms with Crippen LogP contribution in [0, 0.1) is 10.1 Å². The summed E-state index contributed by atoms with van der Waals surface area (Å²) in [6.07, 6.45) is -0.0961. The summed E-state index contributed by atoms with van der Waals surface area (Å²) in [5.41, 5.74) is 0.822. The van der Waals surface area contributed by atoms with Gasteiger partial charge in [-0.25, -0.2) is 0 Å². The number of anilines is 1. The van der Waals surface area contributed by atoms with Crippen LogP contribution < -0.4 is 14.8 Å². The van der Waals surface area contributed by atoms with Crippen LogP contribution in [-0.2, 0) is 20.7 Å². The zero-order valence-electron chi connectivity index (χ0n) is 14.5. The van der Waals surface area contributed by atoms with Crippen molar-refractivity contribution in [1.82, 2.24) is 0 Å². The first-order valence-corrected chi connectivity index (χ1v) is 8.58. The van der Waals surface area contributed by atoms with Gasteiger partial charge in [-0.05, 0) is 29.8 Å². The number of benzene rings is 2. The van der Waals surface area contributed by atoms with Crippen molar-refractivity contribution in [2.75, 3.05) is 25.1 Å². The van der Waals surface area contributed by atoms with Crippen LogP contribution in [0.1, 0.15) is 5.56 Å². The summed E-state index contributed by atoms with van der Waals surface area (Å²) in [7, 11) is 0. The molecule has 1 heterocycles. The van der Waals surface area contributed by atoms with E-state index in [-0.39, 0.29) is 12.1 Å². The maximum Gasteiger partial charge on any atom is 0.310 e. The van der Waals surface area contributed by atoms with Crippen LogP contribution >= 0.6 is 11.6 Å². The molecule has 2 aromatic carbocycles. The Morgan fingerprint density at radius 3 is 2.61 bits per heavy atom. The number of nitro groups is 1. The lowest BCUT2D eigenvalue weighted by Gasteiger charge is -2.20. The third-order valence-corrected chi connectivity index (χ3v) is 4.01. The van der Waals surface area contributed by atoms with Gasteiger partial charge in [0, 0.05) is 17.8 Å². The van der Waals surface area contributed by atoms with Crippen LogP contribution in [0.3, 0.4) is 0 Å². The highest BCUT2D eigenvalue weighted by atomic mass is 35.5. The average molecular weight is 407 g/mol. The maximum absolute atomic E-state index is 12.0. The van der Waals surface area contributed by atoms with Crippen LogP contribution in [-0.4, -0.2) is 36.6 Å². The number of ether oxygens (including phenoxy) is 3. The van der Waals surface area contributed by atoms with Gasteiger partial charge < -0.3 is 19.5 Å². The summed E-state index contributed by atoms with van der Waals surface area (Å²) < 4.78 is 15.8. The van der Waals surface area contributed by atoms with Crippen molar-refractivity contribution in [3.63, 3.8) is 0 Å². The van der Waals surface area contributed by atoms with Gasteiger partial charge in [-0.3, -0.25) is 19.7 Å². The molecule has 0 saturated heterocycles. The molecule has 1 N–H and O–H groups in total. The molecule has 2 aromatic rings. The number of nitrogens with one attached hydrogen (secondary N) is 1. The van der Waals surface area contributed by atoms with Crippen LogP contribution in [0.4, 0.5) is 11.4 Å². The van der Waals surface area contributed by atoms with E-state index in [9.17, 15) is 19.7 Å². The van der Waals surface area contributed by atoms with Gasteiger partial charge >= 0.3 is 5.97 Å². The quantitative estimate of drug-likeness (QED) is 0.445. The van der Waals surface area contributed by atoms with E-state index in [0.717, 1.165) is 0 Å². The third-order valence-electron chi connectivity index (χ3n) is 3.73. The van der Waals surface area contributed by atoms with Gasteiger partial charge in [-0.15, -0.1) is 0 Å². The molecule has 146 valence electrons. The minimum absolute atomic E-state index is 0.0949. The minimum atomic E-state index is -0.619. The van der Waals surface area contributed by atoms with Gasteiger partial charge in [0.05, 0.1) is 16.4 Å². The van der Waals surface area contributed by atoms with E-state index >= 15 is 0 Å². The largest absolute Gasteiger partial charge is 0.486 e. The molecule has 0 aromatic heterocycles. The highest BCUT2D eigenvalue weighted by Crippen LogP contribution is 2.38. The number of halogens is 1. The van der Waals surface area contributed by atoms with Crippen molar-refractivity contribution in [3.05, 3.63) is 57.1 Å². The third kappa shape index (κ3) is 4.89. The highest BCUT2D eigenvalue weighted by Gasteiger charge is 2.18. The molecule has 0 unspecified atom stereocenters. The van der Waals surface area contributed by atoms with Gasteiger partial charge in [0.15, 0.2) is 18.1 Å². The predicted molar refractivity (Wildman–Crippen MR) is 98.8 cm³/mol. The van der Waals surface area contributed by atoms with Gasteiger partial charge in [0.25, 0.3) is 11.6 Å². The Labute approximate surface area is 164 Å². The molecule has 9 nitrogen and oxygen atoms in total. The van der Waals surface area contributed by atoms with Crippen LogP contribution in [0.2, 0.25) is 5.02 Å². The van der Waals surface area contributed by atoms with Crippen molar-refractivity contribution < 1.29 is 28.7 Å². The smallest absolute Gasteiger partial charge is 0.310 e. The number of non-ortho nitro benzene ring substituents is 1. The van der Waals surface area contributed by atoms with Crippen LogP contribution in [0.15, 0.2) is 36.4 Å². The van der Waals surface area contributed by atoms with Crippen molar-refractivity contribution in [2.45, 2.75) is 6.42 Å². The second-order valence-corrected chi connectivity index (χ2v) is 6.20. The summed E-state index contributed by atoms with van der Waals surface area (Å²) in [6, 6.07) is 8.50. The summed E-state index contributed by atoms with van der Waals surface area (Å²) in [5, 5.41) is 13.4. The van der Waals surface area contributed by atoms with Gasteiger partial charge in [-0.2, -0.15) is 0 Å². The van der Waals surface area contributed by atoms with Crippen molar-refractivity contribution in [2.24, 2.45) is 0 Å². The van der Waals surface area contributed by atoms with E-state index in [1.807, 2.05) is 0 Å². The number of carbonyl (C=O) groups is 2. The monoisotopic (exact) mass is 406 g/mol. The molecule has 0 fully saturated rings. The Morgan fingerprint density at radius 1 is 1.18 bits per heavy atom. The molecule has 1 aliphatic rings. The Balaban J connectivity index is 1.50. The molecule has 0 spiro atoms. The number of nitrogens with zero attached hydrogens (tertiary/aromatic N) is 1. The zero-order chi connectivity index (χ0) is 20.1. The number of esters is 1. The minimum Gasteiger partial charge on any atom is -0.486 e. The normalized spacial score (nSPS) is 12.2. The lowest BCUT2D eigenvalue weighted by Crippen LogP contribution is -2.21. The zero-order valence-corrected chi connectivity index (χ0v) is 15.2. The van der Waals surface area contributed by atoms with E-state index in [2.05, 4.69) is 5.32 Å². The molecule has 1 aliphatic heterocycles. The fourth-order valence-corrected chi connectivity index (χ4v) is 2.78. The first-order valence-electron chi connectivity index (χ1n) is 8.20. The fourth-order valence-electron chi connectivity index (χ4n) is 2.49. The topological polar surface area (TPSA) is 117 Å². The van der Waals surface area contributed by atoms with Gasteiger partial charge in [0.1, 0.15) is 13.2 Å². The lowest BCUT2D eigenvalue weighted by atomic mass is 10.1. The predicted octanol–water partition coefficient (Wildman–Crippen LogP) is 2.74. The van der Waals surface area contributed by atoms with Crippen molar-refractivity contribution in [3.8, 4) is 11.5 Å². The average Bonchev–Trinajstić information content (AvgIpc) is 2.67. The second kappa shape index (κ2) is 8.57. The summed E-state index contributed by atoms with van der Waals surface area (Å²) in [6.45, 7) is 0.298. The van der Waals surface area contributed by atoms with E-state index < -0.39 is 23.4 Å². The number of hydrogen-bond acceptors (Lipinski definition) is 7. The molecule has 0 bridgehead atoms. The molecule has 28 heavy (non-hydrogen) atoms. The van der Waals surface area contributed by atoms with E-state index in [0.29, 0.717) is 41.0 Å². The molecular formula is C18H15ClN2O7. The molecule has 10 heteroatoms. The summed E-state index contributed by atoms with van der Waals surface area (Å²) >= 11 is 6.12. The molecule has 0 radical (unpaired) electrons. The summed E-state index contributed by atoms with van der Waals surface area (Å²) in [4.78, 5) is 33.9. The Hall–Kier alpha value is -3.33. The van der Waals surface area contributed by atoms with E-state index in [4.69, 9.17) is 25.8 Å². The van der Waals surface area contributed by atoms with Crippen molar-refractivity contribution in [1.29, 1.82) is 0 Å². The maximum atomic E-state index is 12.0. The summed E-state index contributed by atoms with van der Waals surface area (Å²) in [5.74, 6) is -0.293. The standard InChI is InChI=1S/C18H15ClN2O7/c19-14-7-11(8-15-18(14)27-6-5-26-15)9-17(23)28-10-16(22)20-12-1-3-13(4-2-12)21(24)25/h1-4,7-8H,5-6,9-10H2,(H,20,22). The van der Waals surface area contributed by atoms with Crippen LogP contribution in [0.5, 0.6) is 11.5 Å². The molecule has 0 saturated carbocycles. The first-order chi connectivity index (χ1) is 13.4. The van der Waals surface area contributed by atoms with Gasteiger partial charge in [-0.1, -0.05) is 11.6 Å². The first kappa shape index (κ1) is 19.4. The second-order valence-electron chi connectivity index (χ2n) is 5.79.